The monoisotopic (exact) mass is 202 g/mol. The van der Waals surface area contributed by atoms with Crippen molar-refractivity contribution >= 4 is 11.8 Å². The summed E-state index contributed by atoms with van der Waals surface area (Å²) in [5.41, 5.74) is 10.4. The van der Waals surface area contributed by atoms with Crippen molar-refractivity contribution in [2.75, 3.05) is 24.7 Å². The second-order valence-corrected chi connectivity index (χ2v) is 2.38. The molecule has 0 saturated heterocycles. The molecule has 0 unspecified atom stereocenters. The first-order valence-corrected chi connectivity index (χ1v) is 3.69. The minimum Gasteiger partial charge on any atom is -0.754 e. The van der Waals surface area contributed by atoms with E-state index < -0.39 is 17.5 Å². The van der Waals surface area contributed by atoms with Crippen LogP contribution in [-0.2, 0) is 0 Å². The van der Waals surface area contributed by atoms with Gasteiger partial charge < -0.3 is 31.6 Å². The molecule has 1 rings (SSSR count). The lowest BCUT2D eigenvalue weighted by Gasteiger charge is -2.11. The van der Waals surface area contributed by atoms with Gasteiger partial charge in [0.2, 0.25) is 5.82 Å². The van der Waals surface area contributed by atoms with E-state index in [2.05, 4.69) is 4.98 Å². The van der Waals surface area contributed by atoms with Crippen molar-refractivity contribution < 1.29 is 19.7 Å². The van der Waals surface area contributed by atoms with E-state index in [0.717, 1.165) is 0 Å². The predicted octanol–water partition coefficient (Wildman–Crippen LogP) is -2.04. The van der Waals surface area contributed by atoms with Gasteiger partial charge in [0.05, 0.1) is 6.61 Å². The topological polar surface area (TPSA) is 142 Å². The minimum atomic E-state index is -0.595. The molecule has 8 heteroatoms. The molecule has 0 fully saturated rings. The van der Waals surface area contributed by atoms with Gasteiger partial charge in [-0.1, -0.05) is 4.98 Å². The molecule has 0 aliphatic heterocycles. The Morgan fingerprint density at radius 3 is 2.71 bits per heavy atom. The first-order chi connectivity index (χ1) is 6.57. The second kappa shape index (κ2) is 3.83. The van der Waals surface area contributed by atoms with E-state index in [9.17, 15) is 10.3 Å². The molecular formula is C6H10N4O4. The highest BCUT2D eigenvalue weighted by Gasteiger charge is 2.17. The molecule has 0 aromatic carbocycles. The lowest BCUT2D eigenvalue weighted by Crippen LogP contribution is -2.35. The van der Waals surface area contributed by atoms with Crippen LogP contribution in [-0.4, -0.2) is 28.4 Å². The zero-order chi connectivity index (χ0) is 10.7. The normalized spacial score (nSPS) is 10.1. The van der Waals surface area contributed by atoms with E-state index in [1.165, 1.54) is 0 Å². The largest absolute Gasteiger partial charge is 0.754 e. The highest BCUT2D eigenvalue weighted by molar-refractivity contribution is 5.49. The Labute approximate surface area is 78.9 Å². The van der Waals surface area contributed by atoms with Crippen molar-refractivity contribution in [2.45, 2.75) is 0 Å². The van der Waals surface area contributed by atoms with Crippen molar-refractivity contribution in [3.05, 3.63) is 5.21 Å². The summed E-state index contributed by atoms with van der Waals surface area (Å²) in [6, 6.07) is 0. The van der Waals surface area contributed by atoms with Crippen LogP contribution in [0.2, 0.25) is 0 Å². The van der Waals surface area contributed by atoms with Crippen LogP contribution in [0.25, 0.3) is 0 Å². The third-order valence-corrected chi connectivity index (χ3v) is 1.42. The number of hydrogen-bond donors (Lipinski definition) is 4. The molecule has 0 bridgehead atoms. The maximum Gasteiger partial charge on any atom is 0.347 e. The number of hydrogen-bond acceptors (Lipinski definition) is 7. The molecule has 14 heavy (non-hydrogen) atoms. The Kier molecular flexibility index (Phi) is 2.77. The van der Waals surface area contributed by atoms with Crippen molar-refractivity contribution in [3.8, 4) is 11.6 Å². The highest BCUT2D eigenvalue weighted by Crippen LogP contribution is 2.27. The van der Waals surface area contributed by atoms with Gasteiger partial charge in [0.1, 0.15) is 6.61 Å². The van der Waals surface area contributed by atoms with Crippen LogP contribution in [0.1, 0.15) is 0 Å². The maximum atomic E-state index is 11.0. The van der Waals surface area contributed by atoms with Gasteiger partial charge in [0.15, 0.2) is 0 Å². The van der Waals surface area contributed by atoms with Gasteiger partial charge in [-0.15, -0.1) is 0 Å². The van der Waals surface area contributed by atoms with Gasteiger partial charge in [-0.05, 0) is 0 Å². The number of ether oxygens (including phenoxy) is 1. The fraction of sp³-hybridized carbons (Fsp3) is 0.333. The quantitative estimate of drug-likeness (QED) is 0.326. The van der Waals surface area contributed by atoms with Crippen LogP contribution in [0.15, 0.2) is 0 Å². The molecule has 0 atom stereocenters. The fourth-order valence-electron chi connectivity index (χ4n) is 0.775. The van der Waals surface area contributed by atoms with E-state index in [1.807, 2.05) is 0 Å². The van der Waals surface area contributed by atoms with Crippen LogP contribution in [0, 0.1) is 5.21 Å². The van der Waals surface area contributed by atoms with E-state index in [-0.39, 0.29) is 23.8 Å². The Morgan fingerprint density at radius 1 is 1.50 bits per heavy atom. The molecule has 1 heterocycles. The van der Waals surface area contributed by atoms with Gasteiger partial charge in [0, 0.05) is 0 Å². The van der Waals surface area contributed by atoms with Crippen LogP contribution in [0.3, 0.4) is 0 Å². The standard InChI is InChI=1S/C6H10N4O4/c7-4-3(12)5(14-2-1-11)9-6(8)10(4)13/h11-12H,1-2,7H2,(H2,8,9). The number of anilines is 2. The second-order valence-electron chi connectivity index (χ2n) is 2.38. The summed E-state index contributed by atoms with van der Waals surface area (Å²) >= 11 is 0. The molecule has 0 amide bonds. The summed E-state index contributed by atoms with van der Waals surface area (Å²) in [6.45, 7) is -0.338. The molecule has 78 valence electrons. The molecule has 0 radical (unpaired) electrons. The molecule has 0 saturated carbocycles. The van der Waals surface area contributed by atoms with E-state index in [4.69, 9.17) is 21.3 Å². The lowest BCUT2D eigenvalue weighted by molar-refractivity contribution is -0.577. The van der Waals surface area contributed by atoms with Gasteiger partial charge >= 0.3 is 11.8 Å². The highest BCUT2D eigenvalue weighted by atomic mass is 16.5. The van der Waals surface area contributed by atoms with Crippen LogP contribution >= 0.6 is 0 Å². The van der Waals surface area contributed by atoms with E-state index >= 15 is 0 Å². The first-order valence-electron chi connectivity index (χ1n) is 3.69. The molecule has 1 aromatic heterocycles. The third-order valence-electron chi connectivity index (χ3n) is 1.42. The Bertz CT molecular complexity index is 343. The van der Waals surface area contributed by atoms with E-state index in [1.54, 1.807) is 0 Å². The van der Waals surface area contributed by atoms with Gasteiger partial charge in [-0.3, -0.25) is 0 Å². The summed E-state index contributed by atoms with van der Waals surface area (Å²) in [5.74, 6) is -1.80. The van der Waals surface area contributed by atoms with Crippen molar-refractivity contribution in [1.29, 1.82) is 0 Å². The fourth-order valence-corrected chi connectivity index (χ4v) is 0.775. The smallest absolute Gasteiger partial charge is 0.347 e. The Hall–Kier alpha value is -1.96. The van der Waals surface area contributed by atoms with Crippen LogP contribution in [0.4, 0.5) is 11.8 Å². The summed E-state index contributed by atoms with van der Waals surface area (Å²) in [4.78, 5) is 3.44. The summed E-state index contributed by atoms with van der Waals surface area (Å²) in [6.07, 6.45) is 0. The maximum absolute atomic E-state index is 11.0. The van der Waals surface area contributed by atoms with Gasteiger partial charge in [-0.2, -0.15) is 0 Å². The van der Waals surface area contributed by atoms with Crippen LogP contribution in [0.5, 0.6) is 11.6 Å². The van der Waals surface area contributed by atoms with Crippen molar-refractivity contribution in [3.63, 3.8) is 0 Å². The number of nitrogens with two attached hydrogens (primary N) is 2. The molecule has 0 aliphatic carbocycles. The lowest BCUT2D eigenvalue weighted by atomic mass is 10.5. The van der Waals surface area contributed by atoms with Crippen molar-refractivity contribution in [2.24, 2.45) is 0 Å². The summed E-state index contributed by atoms with van der Waals surface area (Å²) in [7, 11) is 0. The third kappa shape index (κ3) is 1.69. The zero-order valence-corrected chi connectivity index (χ0v) is 7.17. The minimum absolute atomic E-state index is 0.0706. The molecule has 0 spiro atoms. The Balaban J connectivity index is 3.06. The van der Waals surface area contributed by atoms with E-state index in [0.29, 0.717) is 0 Å². The molecular weight excluding hydrogens is 192 g/mol. The number of aliphatic hydroxyl groups excluding tert-OH is 1. The molecule has 6 N–H and O–H groups in total. The van der Waals surface area contributed by atoms with Crippen molar-refractivity contribution in [1.82, 2.24) is 4.98 Å². The number of aromatic nitrogens is 2. The molecule has 8 nitrogen and oxygen atoms in total. The van der Waals surface area contributed by atoms with Crippen LogP contribution < -0.4 is 20.9 Å². The Morgan fingerprint density at radius 2 is 2.14 bits per heavy atom. The molecule has 0 aliphatic rings. The zero-order valence-electron chi connectivity index (χ0n) is 7.17. The number of nitrogen functional groups attached to an aromatic ring is 2. The average Bonchev–Trinajstić information content (AvgIpc) is 2.18. The number of nitrogens with zero attached hydrogens (tertiary/aromatic N) is 2. The summed E-state index contributed by atoms with van der Waals surface area (Å²) in [5, 5.41) is 28.7. The SMILES string of the molecule is Nc1nc(OCCO)c(O)c(N)[n+]1[O-]. The summed E-state index contributed by atoms with van der Waals surface area (Å²) < 4.78 is 4.85. The number of aliphatic hydroxyl groups is 1. The molecule has 1 aromatic rings. The first kappa shape index (κ1) is 10.1. The van der Waals surface area contributed by atoms with Gasteiger partial charge in [-0.25, -0.2) is 4.73 Å². The number of rotatable bonds is 3. The number of aromatic hydroxyl groups is 1. The van der Waals surface area contributed by atoms with Gasteiger partial charge in [0.25, 0.3) is 5.75 Å². The predicted molar refractivity (Wildman–Crippen MR) is 46.3 cm³/mol. The average molecular weight is 202 g/mol.